The number of carbonyl (C=O) groups excluding carboxylic acids is 1. The number of anilines is 2. The summed E-state index contributed by atoms with van der Waals surface area (Å²) in [5.74, 6) is 1.27. The Bertz CT molecular complexity index is 716. The summed E-state index contributed by atoms with van der Waals surface area (Å²) < 4.78 is 0. The Hall–Kier alpha value is -2.50. The van der Waals surface area contributed by atoms with Crippen LogP contribution >= 0.6 is 0 Å². The molecule has 6 nitrogen and oxygen atoms in total. The molecule has 1 N–H and O–H groups in total. The number of rotatable bonds is 4. The van der Waals surface area contributed by atoms with Crippen molar-refractivity contribution in [2.24, 2.45) is 0 Å². The molecule has 0 spiro atoms. The van der Waals surface area contributed by atoms with Crippen LogP contribution in [0.4, 0.5) is 11.6 Å². The van der Waals surface area contributed by atoms with E-state index in [1.807, 2.05) is 44.0 Å². The molecule has 3 heterocycles. The molecule has 1 aliphatic rings. The molecule has 1 aliphatic heterocycles. The zero-order valence-corrected chi connectivity index (χ0v) is 15.1. The zero-order chi connectivity index (χ0) is 17.8. The van der Waals surface area contributed by atoms with Crippen LogP contribution < -0.4 is 5.32 Å². The van der Waals surface area contributed by atoms with Crippen LogP contribution in [0.3, 0.4) is 0 Å². The van der Waals surface area contributed by atoms with Gasteiger partial charge in [0, 0.05) is 42.5 Å². The van der Waals surface area contributed by atoms with Gasteiger partial charge in [0.25, 0.3) is 0 Å². The van der Waals surface area contributed by atoms with Crippen LogP contribution in [0.1, 0.15) is 49.2 Å². The summed E-state index contributed by atoms with van der Waals surface area (Å²) in [5, 5.41) is 3.21. The maximum Gasteiger partial charge on any atom is 0.227 e. The summed E-state index contributed by atoms with van der Waals surface area (Å²) >= 11 is 0. The van der Waals surface area contributed by atoms with Crippen molar-refractivity contribution in [2.45, 2.75) is 46.0 Å². The van der Waals surface area contributed by atoms with E-state index in [0.29, 0.717) is 18.3 Å². The molecule has 1 saturated heterocycles. The number of likely N-dealkylation sites (tertiary alicyclic amines) is 1. The molecule has 1 amide bonds. The Kier molecular flexibility index (Phi) is 5.26. The van der Waals surface area contributed by atoms with Gasteiger partial charge in [-0.25, -0.2) is 9.97 Å². The topological polar surface area (TPSA) is 71.0 Å². The average molecular weight is 339 g/mol. The summed E-state index contributed by atoms with van der Waals surface area (Å²) in [7, 11) is 0. The molecule has 2 aromatic heterocycles. The van der Waals surface area contributed by atoms with Gasteiger partial charge in [-0.15, -0.1) is 0 Å². The van der Waals surface area contributed by atoms with E-state index in [9.17, 15) is 4.79 Å². The van der Waals surface area contributed by atoms with Crippen molar-refractivity contribution in [1.82, 2.24) is 19.9 Å². The fourth-order valence-corrected chi connectivity index (χ4v) is 3.28. The molecule has 0 unspecified atom stereocenters. The monoisotopic (exact) mass is 339 g/mol. The largest absolute Gasteiger partial charge is 0.343 e. The van der Waals surface area contributed by atoms with Gasteiger partial charge in [0.1, 0.15) is 0 Å². The molecule has 2 aromatic rings. The van der Waals surface area contributed by atoms with Crippen LogP contribution in [0.5, 0.6) is 0 Å². The van der Waals surface area contributed by atoms with Gasteiger partial charge in [0.05, 0.1) is 11.9 Å². The predicted octanol–water partition coefficient (Wildman–Crippen LogP) is 3.35. The quantitative estimate of drug-likeness (QED) is 0.925. The molecule has 0 aliphatic carbocycles. The molecule has 0 radical (unpaired) electrons. The lowest BCUT2D eigenvalue weighted by atomic mass is 9.93. The number of piperidine rings is 1. The normalized spacial score (nSPS) is 15.2. The van der Waals surface area contributed by atoms with Gasteiger partial charge in [-0.1, -0.05) is 6.92 Å². The smallest absolute Gasteiger partial charge is 0.227 e. The molecule has 0 saturated carbocycles. The van der Waals surface area contributed by atoms with Gasteiger partial charge in [-0.2, -0.15) is 0 Å². The van der Waals surface area contributed by atoms with Crippen LogP contribution in [0.25, 0.3) is 0 Å². The number of nitrogens with zero attached hydrogens (tertiary/aromatic N) is 4. The SMILES string of the molecule is CCC(=O)N1CCC(c2ccc(Nc3nc(C)cc(C)n3)cn2)CC1. The van der Waals surface area contributed by atoms with Gasteiger partial charge >= 0.3 is 0 Å². The lowest BCUT2D eigenvalue weighted by Gasteiger charge is -2.31. The van der Waals surface area contributed by atoms with E-state index in [-0.39, 0.29) is 5.91 Å². The summed E-state index contributed by atoms with van der Waals surface area (Å²) in [5.41, 5.74) is 3.85. The van der Waals surface area contributed by atoms with Gasteiger partial charge < -0.3 is 10.2 Å². The molecular formula is C19H25N5O. The third-order valence-electron chi connectivity index (χ3n) is 4.59. The Labute approximate surface area is 148 Å². The molecule has 25 heavy (non-hydrogen) atoms. The second-order valence-electron chi connectivity index (χ2n) is 6.58. The highest BCUT2D eigenvalue weighted by molar-refractivity contribution is 5.75. The van der Waals surface area contributed by atoms with E-state index in [1.54, 1.807) is 0 Å². The van der Waals surface area contributed by atoms with Gasteiger partial charge in [0.2, 0.25) is 11.9 Å². The number of aromatic nitrogens is 3. The first-order valence-corrected chi connectivity index (χ1v) is 8.88. The summed E-state index contributed by atoms with van der Waals surface area (Å²) in [6.07, 6.45) is 4.38. The standard InChI is InChI=1S/C19H25N5O/c1-4-18(25)24-9-7-15(8-10-24)17-6-5-16(12-20-17)23-19-21-13(2)11-14(3)22-19/h5-6,11-12,15H,4,7-10H2,1-3H3,(H,21,22,23). The number of hydrogen-bond acceptors (Lipinski definition) is 5. The maximum atomic E-state index is 11.8. The van der Waals surface area contributed by atoms with Crippen molar-refractivity contribution in [3.8, 4) is 0 Å². The molecule has 0 bridgehead atoms. The van der Waals surface area contributed by atoms with E-state index < -0.39 is 0 Å². The first kappa shape index (κ1) is 17.3. The van der Waals surface area contributed by atoms with Gasteiger partial charge in [0.15, 0.2) is 0 Å². The highest BCUT2D eigenvalue weighted by Gasteiger charge is 2.23. The summed E-state index contributed by atoms with van der Waals surface area (Å²) in [4.78, 5) is 27.1. The minimum atomic E-state index is 0.249. The lowest BCUT2D eigenvalue weighted by Crippen LogP contribution is -2.37. The Morgan fingerprint density at radius 3 is 2.44 bits per heavy atom. The van der Waals surface area contributed by atoms with Crippen molar-refractivity contribution < 1.29 is 4.79 Å². The van der Waals surface area contributed by atoms with E-state index in [1.165, 1.54) is 0 Å². The van der Waals surface area contributed by atoms with Crippen LogP contribution in [0.15, 0.2) is 24.4 Å². The van der Waals surface area contributed by atoms with E-state index in [0.717, 1.165) is 48.7 Å². The molecule has 0 aromatic carbocycles. The van der Waals surface area contributed by atoms with Crippen LogP contribution in [0, 0.1) is 13.8 Å². The fourth-order valence-electron chi connectivity index (χ4n) is 3.28. The molecule has 1 fully saturated rings. The van der Waals surface area contributed by atoms with E-state index >= 15 is 0 Å². The second kappa shape index (κ2) is 7.59. The summed E-state index contributed by atoms with van der Waals surface area (Å²) in [6, 6.07) is 6.03. The maximum absolute atomic E-state index is 11.8. The lowest BCUT2D eigenvalue weighted by molar-refractivity contribution is -0.131. The van der Waals surface area contributed by atoms with Crippen molar-refractivity contribution in [3.63, 3.8) is 0 Å². The molecular weight excluding hydrogens is 314 g/mol. The third kappa shape index (κ3) is 4.32. The predicted molar refractivity (Wildman–Crippen MR) is 97.9 cm³/mol. The number of nitrogens with one attached hydrogen (secondary N) is 1. The number of amides is 1. The fraction of sp³-hybridized carbons (Fsp3) is 0.474. The van der Waals surface area contributed by atoms with Crippen molar-refractivity contribution in [1.29, 1.82) is 0 Å². The Morgan fingerprint density at radius 1 is 1.20 bits per heavy atom. The van der Waals surface area contributed by atoms with E-state index in [2.05, 4.69) is 26.3 Å². The number of pyridine rings is 1. The number of aryl methyl sites for hydroxylation is 2. The number of hydrogen-bond donors (Lipinski definition) is 1. The van der Waals surface area contributed by atoms with E-state index in [4.69, 9.17) is 0 Å². The molecule has 132 valence electrons. The minimum Gasteiger partial charge on any atom is -0.343 e. The zero-order valence-electron chi connectivity index (χ0n) is 15.1. The average Bonchev–Trinajstić information content (AvgIpc) is 2.61. The first-order valence-electron chi connectivity index (χ1n) is 8.88. The van der Waals surface area contributed by atoms with Crippen LogP contribution in [-0.2, 0) is 4.79 Å². The highest BCUT2D eigenvalue weighted by atomic mass is 16.2. The summed E-state index contributed by atoms with van der Waals surface area (Å²) in [6.45, 7) is 7.49. The first-order chi connectivity index (χ1) is 12.0. The van der Waals surface area contributed by atoms with Crippen molar-refractivity contribution >= 4 is 17.5 Å². The highest BCUT2D eigenvalue weighted by Crippen LogP contribution is 2.27. The van der Waals surface area contributed by atoms with Gasteiger partial charge in [-0.3, -0.25) is 9.78 Å². The minimum absolute atomic E-state index is 0.249. The van der Waals surface area contributed by atoms with Crippen molar-refractivity contribution in [2.75, 3.05) is 18.4 Å². The Morgan fingerprint density at radius 2 is 1.88 bits per heavy atom. The molecule has 0 atom stereocenters. The van der Waals surface area contributed by atoms with Crippen LogP contribution in [-0.4, -0.2) is 38.8 Å². The van der Waals surface area contributed by atoms with Crippen molar-refractivity contribution in [3.05, 3.63) is 41.5 Å². The van der Waals surface area contributed by atoms with Gasteiger partial charge in [-0.05, 0) is 44.9 Å². The van der Waals surface area contributed by atoms with Crippen LogP contribution in [0.2, 0.25) is 0 Å². The number of carbonyl (C=O) groups is 1. The molecule has 3 rings (SSSR count). The second-order valence-corrected chi connectivity index (χ2v) is 6.58. The molecule has 6 heteroatoms. The Balaban J connectivity index is 1.62. The third-order valence-corrected chi connectivity index (χ3v) is 4.59.